The molecule has 128 valence electrons. The van der Waals surface area contributed by atoms with Crippen molar-refractivity contribution in [3.05, 3.63) is 29.0 Å². The van der Waals surface area contributed by atoms with E-state index in [1.54, 1.807) is 19.4 Å². The zero-order valence-electron chi connectivity index (χ0n) is 13.6. The molecule has 0 amide bonds. The quantitative estimate of drug-likeness (QED) is 0.849. The van der Waals surface area contributed by atoms with Gasteiger partial charge in [-0.05, 0) is 13.0 Å². The highest BCUT2D eigenvalue weighted by Crippen LogP contribution is 2.28. The third kappa shape index (κ3) is 3.62. The van der Waals surface area contributed by atoms with Crippen LogP contribution in [0.5, 0.6) is 17.6 Å². The summed E-state index contributed by atoms with van der Waals surface area (Å²) in [6, 6.07) is 3.33. The highest BCUT2D eigenvalue weighted by atomic mass is 35.5. The molecule has 0 spiro atoms. The summed E-state index contributed by atoms with van der Waals surface area (Å²) in [6.45, 7) is 3.38. The average Bonchev–Trinajstić information content (AvgIpc) is 2.59. The standard InChI is InChI=1S/C16H19ClN4O3/c1-10-14(17)19-16(22)20-15(10)21-7-5-11(6-8-21)24-12-3-4-13(23-2)18-9-12/h3-4,9,11H,5-8H2,1-2H3,(H,19,20,22). The van der Waals surface area contributed by atoms with Gasteiger partial charge in [0, 0.05) is 37.6 Å². The van der Waals surface area contributed by atoms with Crippen molar-refractivity contribution in [3.63, 3.8) is 0 Å². The van der Waals surface area contributed by atoms with Gasteiger partial charge in [0.05, 0.1) is 13.3 Å². The molecular weight excluding hydrogens is 332 g/mol. The molecule has 1 aliphatic heterocycles. The van der Waals surface area contributed by atoms with Gasteiger partial charge in [0.1, 0.15) is 22.8 Å². The normalized spacial score (nSPS) is 15.4. The van der Waals surface area contributed by atoms with Gasteiger partial charge in [-0.2, -0.15) is 9.97 Å². The summed E-state index contributed by atoms with van der Waals surface area (Å²) in [6.07, 6.45) is 3.46. The molecule has 0 saturated carbocycles. The Morgan fingerprint density at radius 3 is 2.62 bits per heavy atom. The molecule has 2 aromatic rings. The van der Waals surface area contributed by atoms with Gasteiger partial charge in [-0.25, -0.2) is 4.98 Å². The van der Waals surface area contributed by atoms with E-state index >= 15 is 0 Å². The van der Waals surface area contributed by atoms with Crippen LogP contribution in [0.15, 0.2) is 18.3 Å². The number of ether oxygens (including phenoxy) is 2. The summed E-state index contributed by atoms with van der Waals surface area (Å²) < 4.78 is 11.0. The van der Waals surface area contributed by atoms with Crippen LogP contribution in [-0.2, 0) is 0 Å². The van der Waals surface area contributed by atoms with Crippen molar-refractivity contribution in [1.82, 2.24) is 15.0 Å². The van der Waals surface area contributed by atoms with Crippen molar-refractivity contribution in [1.29, 1.82) is 0 Å². The number of halogens is 1. The zero-order valence-corrected chi connectivity index (χ0v) is 14.3. The fourth-order valence-electron chi connectivity index (χ4n) is 2.71. The first kappa shape index (κ1) is 16.6. The molecule has 1 fully saturated rings. The second-order valence-electron chi connectivity index (χ2n) is 5.60. The third-order valence-electron chi connectivity index (χ3n) is 4.01. The first-order valence-electron chi connectivity index (χ1n) is 7.71. The molecule has 2 aromatic heterocycles. The molecule has 1 N–H and O–H groups in total. The topological polar surface area (TPSA) is 80.6 Å². The lowest BCUT2D eigenvalue weighted by molar-refractivity contribution is 0.169. The van der Waals surface area contributed by atoms with Gasteiger partial charge in [-0.15, -0.1) is 0 Å². The Balaban J connectivity index is 1.61. The number of hydrogen-bond donors (Lipinski definition) is 1. The minimum absolute atomic E-state index is 0.114. The van der Waals surface area contributed by atoms with Gasteiger partial charge in [0.25, 0.3) is 0 Å². The lowest BCUT2D eigenvalue weighted by Gasteiger charge is -2.33. The van der Waals surface area contributed by atoms with E-state index in [-0.39, 0.29) is 17.3 Å². The molecule has 7 nitrogen and oxygen atoms in total. The third-order valence-corrected chi connectivity index (χ3v) is 4.38. The summed E-state index contributed by atoms with van der Waals surface area (Å²) in [4.78, 5) is 14.1. The smallest absolute Gasteiger partial charge is 0.317 e. The Morgan fingerprint density at radius 2 is 2.00 bits per heavy atom. The first-order valence-corrected chi connectivity index (χ1v) is 8.09. The summed E-state index contributed by atoms with van der Waals surface area (Å²) in [5, 5.41) is 9.84. The molecule has 8 heteroatoms. The molecule has 3 heterocycles. The van der Waals surface area contributed by atoms with E-state index < -0.39 is 0 Å². The largest absolute Gasteiger partial charge is 0.489 e. The van der Waals surface area contributed by atoms with Crippen LogP contribution < -0.4 is 14.4 Å². The van der Waals surface area contributed by atoms with Crippen molar-refractivity contribution in [2.45, 2.75) is 25.9 Å². The van der Waals surface area contributed by atoms with Crippen LogP contribution in [0.2, 0.25) is 5.15 Å². The van der Waals surface area contributed by atoms with Crippen molar-refractivity contribution < 1.29 is 14.6 Å². The number of rotatable bonds is 4. The number of nitrogens with zero attached hydrogens (tertiary/aromatic N) is 4. The van der Waals surface area contributed by atoms with Crippen molar-refractivity contribution in [2.24, 2.45) is 0 Å². The predicted molar refractivity (Wildman–Crippen MR) is 90.1 cm³/mol. The summed E-state index contributed by atoms with van der Waals surface area (Å²) in [7, 11) is 1.58. The van der Waals surface area contributed by atoms with E-state index in [0.29, 0.717) is 11.7 Å². The van der Waals surface area contributed by atoms with Crippen LogP contribution in [-0.4, -0.2) is 46.4 Å². The van der Waals surface area contributed by atoms with E-state index in [4.69, 9.17) is 21.1 Å². The van der Waals surface area contributed by atoms with Gasteiger partial charge in [-0.3, -0.25) is 0 Å². The van der Waals surface area contributed by atoms with Crippen molar-refractivity contribution >= 4 is 17.4 Å². The van der Waals surface area contributed by atoms with Gasteiger partial charge < -0.3 is 19.5 Å². The van der Waals surface area contributed by atoms with E-state index in [1.807, 2.05) is 13.0 Å². The number of aromatic hydroxyl groups is 1. The Hall–Kier alpha value is -2.28. The van der Waals surface area contributed by atoms with E-state index in [9.17, 15) is 5.11 Å². The van der Waals surface area contributed by atoms with Gasteiger partial charge in [0.2, 0.25) is 5.88 Å². The van der Waals surface area contributed by atoms with Crippen LogP contribution >= 0.6 is 11.6 Å². The Bertz CT molecular complexity index is 703. The highest BCUT2D eigenvalue weighted by molar-refractivity contribution is 6.30. The number of piperidine rings is 1. The molecule has 1 saturated heterocycles. The minimum atomic E-state index is -0.303. The zero-order chi connectivity index (χ0) is 17.1. The maximum Gasteiger partial charge on any atom is 0.317 e. The van der Waals surface area contributed by atoms with Gasteiger partial charge in [-0.1, -0.05) is 11.6 Å². The number of methoxy groups -OCH3 is 1. The molecule has 0 aliphatic carbocycles. The first-order chi connectivity index (χ1) is 11.6. The highest BCUT2D eigenvalue weighted by Gasteiger charge is 2.24. The molecule has 0 radical (unpaired) electrons. The molecule has 0 aromatic carbocycles. The molecule has 3 rings (SSSR count). The molecule has 24 heavy (non-hydrogen) atoms. The van der Waals surface area contributed by atoms with Gasteiger partial charge >= 0.3 is 6.01 Å². The lowest BCUT2D eigenvalue weighted by atomic mass is 10.1. The minimum Gasteiger partial charge on any atom is -0.489 e. The van der Waals surface area contributed by atoms with E-state index in [2.05, 4.69) is 19.9 Å². The Kier molecular flexibility index (Phi) is 4.89. The SMILES string of the molecule is COc1ccc(OC2CCN(c3nc(O)nc(Cl)c3C)CC2)cn1. The number of aromatic nitrogens is 3. The number of anilines is 1. The fraction of sp³-hybridized carbons (Fsp3) is 0.438. The second kappa shape index (κ2) is 7.09. The Labute approximate surface area is 145 Å². The monoisotopic (exact) mass is 350 g/mol. The van der Waals surface area contributed by atoms with Crippen LogP contribution in [0.3, 0.4) is 0 Å². The van der Waals surface area contributed by atoms with E-state index in [0.717, 1.165) is 37.2 Å². The van der Waals surface area contributed by atoms with Crippen LogP contribution in [0.25, 0.3) is 0 Å². The molecule has 1 aliphatic rings. The molecule has 0 atom stereocenters. The molecular formula is C16H19ClN4O3. The van der Waals surface area contributed by atoms with Crippen LogP contribution in [0.4, 0.5) is 5.82 Å². The lowest BCUT2D eigenvalue weighted by Crippen LogP contribution is -2.39. The maximum absolute atomic E-state index is 9.56. The number of hydrogen-bond acceptors (Lipinski definition) is 7. The second-order valence-corrected chi connectivity index (χ2v) is 5.96. The molecule has 0 bridgehead atoms. The summed E-state index contributed by atoms with van der Waals surface area (Å²) in [5.74, 6) is 1.97. The van der Waals surface area contributed by atoms with Crippen LogP contribution in [0, 0.1) is 6.92 Å². The van der Waals surface area contributed by atoms with Crippen molar-refractivity contribution in [3.8, 4) is 17.6 Å². The summed E-state index contributed by atoms with van der Waals surface area (Å²) >= 11 is 6.02. The summed E-state index contributed by atoms with van der Waals surface area (Å²) in [5.41, 5.74) is 0.771. The maximum atomic E-state index is 9.56. The fourth-order valence-corrected chi connectivity index (χ4v) is 2.87. The van der Waals surface area contributed by atoms with Crippen LogP contribution in [0.1, 0.15) is 18.4 Å². The van der Waals surface area contributed by atoms with Gasteiger partial charge in [0.15, 0.2) is 0 Å². The van der Waals surface area contributed by atoms with Crippen molar-refractivity contribution in [2.75, 3.05) is 25.1 Å². The Morgan fingerprint density at radius 1 is 1.25 bits per heavy atom. The predicted octanol–water partition coefficient (Wildman–Crippen LogP) is 2.60. The number of pyridine rings is 1. The van der Waals surface area contributed by atoms with E-state index in [1.165, 1.54) is 0 Å². The molecule has 0 unspecified atom stereocenters. The average molecular weight is 351 g/mol.